The molecule has 0 aliphatic carbocycles. The van der Waals surface area contributed by atoms with Crippen molar-refractivity contribution in [2.45, 2.75) is 101 Å². The Hall–Kier alpha value is 0.478. The van der Waals surface area contributed by atoms with Gasteiger partial charge in [0.2, 0.25) is 0 Å². The molecule has 21 heavy (non-hydrogen) atoms. The second-order valence-corrected chi connectivity index (χ2v) is 9.29. The van der Waals surface area contributed by atoms with Gasteiger partial charge in [0.15, 0.2) is 0 Å². The van der Waals surface area contributed by atoms with Crippen LogP contribution >= 0.6 is 0 Å². The zero-order valence-electron chi connectivity index (χ0n) is 14.5. The van der Waals surface area contributed by atoms with E-state index in [1.807, 2.05) is 16.9 Å². The van der Waals surface area contributed by atoms with Gasteiger partial charge < -0.3 is 0 Å². The Morgan fingerprint density at radius 2 is 1.00 bits per heavy atom. The van der Waals surface area contributed by atoms with Crippen molar-refractivity contribution < 1.29 is 0 Å². The van der Waals surface area contributed by atoms with Crippen LogP contribution in [-0.4, -0.2) is 29.9 Å². The summed E-state index contributed by atoms with van der Waals surface area (Å²) in [5.41, 5.74) is 11.4. The van der Waals surface area contributed by atoms with Crippen molar-refractivity contribution in [2.75, 3.05) is 13.1 Å². The Labute approximate surface area is 142 Å². The fourth-order valence-corrected chi connectivity index (χ4v) is 4.36. The molecule has 0 aromatic carbocycles. The fourth-order valence-electron chi connectivity index (χ4n) is 3.07. The molecule has 1 unspecified atom stereocenters. The van der Waals surface area contributed by atoms with Crippen LogP contribution in [0, 0.1) is 0 Å². The number of unbranched alkanes of at least 4 members (excludes halogenated alkanes) is 8. The molecule has 4 N–H and O–H groups in total. The Morgan fingerprint density at radius 1 is 0.619 bits per heavy atom. The molecule has 0 amide bonds. The van der Waals surface area contributed by atoms with E-state index in [2.05, 4.69) is 6.92 Å². The van der Waals surface area contributed by atoms with E-state index in [1.54, 1.807) is 0 Å². The summed E-state index contributed by atoms with van der Waals surface area (Å²) in [6, 6.07) is 0. The number of nitrogens with two attached hydrogens (primary N) is 2. The second-order valence-electron chi connectivity index (χ2n) is 6.73. The van der Waals surface area contributed by atoms with Gasteiger partial charge in [-0.15, -0.1) is 0 Å². The molecule has 0 fully saturated rings. The maximum atomic E-state index is 5.69. The van der Waals surface area contributed by atoms with Gasteiger partial charge in [-0.05, 0) is 0 Å². The van der Waals surface area contributed by atoms with E-state index in [4.69, 9.17) is 11.5 Å². The van der Waals surface area contributed by atoms with Gasteiger partial charge in [0, 0.05) is 0 Å². The molecule has 0 radical (unpaired) electrons. The standard InChI is InChI=1S/C18H41AsN2/c1-2-3-4-5-6-7-8-9-10-13-18(19,14-11-16-20)15-12-17-21/h2-17,19-21H2,1H3. The van der Waals surface area contributed by atoms with Crippen molar-refractivity contribution in [1.29, 1.82) is 0 Å². The third-order valence-corrected chi connectivity index (χ3v) is 6.35. The minimum atomic E-state index is 0.548. The molecule has 0 aromatic rings. The third kappa shape index (κ3) is 13.8. The number of hydrogen-bond acceptors (Lipinski definition) is 2. The van der Waals surface area contributed by atoms with Gasteiger partial charge in [0.05, 0.1) is 0 Å². The van der Waals surface area contributed by atoms with Crippen molar-refractivity contribution in [2.24, 2.45) is 11.5 Å². The third-order valence-electron chi connectivity index (χ3n) is 4.54. The minimum absolute atomic E-state index is 0.548. The summed E-state index contributed by atoms with van der Waals surface area (Å²) < 4.78 is 0.548. The van der Waals surface area contributed by atoms with Gasteiger partial charge in [-0.3, -0.25) is 0 Å². The molecule has 0 saturated carbocycles. The molecule has 2 nitrogen and oxygen atoms in total. The van der Waals surface area contributed by atoms with Crippen LogP contribution < -0.4 is 11.5 Å². The Kier molecular flexibility index (Phi) is 15.7. The van der Waals surface area contributed by atoms with Gasteiger partial charge >= 0.3 is 142 Å². The van der Waals surface area contributed by atoms with Crippen LogP contribution in [0.2, 0.25) is 4.20 Å². The van der Waals surface area contributed by atoms with Crippen LogP contribution in [0.5, 0.6) is 0 Å². The van der Waals surface area contributed by atoms with E-state index in [1.165, 1.54) is 89.9 Å². The molecule has 3 heteroatoms. The predicted molar refractivity (Wildman–Crippen MR) is 99.7 cm³/mol. The summed E-state index contributed by atoms with van der Waals surface area (Å²) in [5.74, 6) is 0. The Balaban J connectivity index is 3.62. The quantitative estimate of drug-likeness (QED) is 0.320. The first-order valence-electron chi connectivity index (χ1n) is 9.37. The Morgan fingerprint density at radius 3 is 1.43 bits per heavy atom. The summed E-state index contributed by atoms with van der Waals surface area (Å²) in [7, 11) is 0. The summed E-state index contributed by atoms with van der Waals surface area (Å²) >= 11 is 1.93. The number of hydrogen-bond donors (Lipinski definition) is 2. The van der Waals surface area contributed by atoms with Crippen molar-refractivity contribution in [3.05, 3.63) is 0 Å². The van der Waals surface area contributed by atoms with Crippen LogP contribution in [0.15, 0.2) is 0 Å². The van der Waals surface area contributed by atoms with Crippen molar-refractivity contribution >= 4 is 16.9 Å². The van der Waals surface area contributed by atoms with Crippen LogP contribution in [0.4, 0.5) is 0 Å². The van der Waals surface area contributed by atoms with Crippen LogP contribution in [0.25, 0.3) is 0 Å². The van der Waals surface area contributed by atoms with Gasteiger partial charge in [-0.25, -0.2) is 0 Å². The van der Waals surface area contributed by atoms with Crippen LogP contribution in [-0.2, 0) is 0 Å². The molecule has 0 aromatic heterocycles. The molecule has 1 atom stereocenters. The van der Waals surface area contributed by atoms with Crippen LogP contribution in [0.1, 0.15) is 96.8 Å². The SMILES string of the molecule is CCCCCCCCCCCC([AsH2])(CCCN)CCCN. The average Bonchev–Trinajstić information content (AvgIpc) is 2.49. The van der Waals surface area contributed by atoms with E-state index in [0.717, 1.165) is 13.1 Å². The maximum absolute atomic E-state index is 5.69. The molecule has 0 rings (SSSR count). The molecule has 0 saturated heterocycles. The molecule has 0 aliphatic rings. The topological polar surface area (TPSA) is 52.0 Å². The number of rotatable bonds is 16. The summed E-state index contributed by atoms with van der Waals surface area (Å²) in [4.78, 5) is 0. The van der Waals surface area contributed by atoms with Crippen molar-refractivity contribution in [3.63, 3.8) is 0 Å². The molecular formula is C18H41AsN2. The second kappa shape index (κ2) is 15.4. The van der Waals surface area contributed by atoms with E-state index in [9.17, 15) is 0 Å². The van der Waals surface area contributed by atoms with Gasteiger partial charge in [0.25, 0.3) is 0 Å². The zero-order chi connectivity index (χ0) is 15.8. The zero-order valence-corrected chi connectivity index (χ0v) is 17.0. The van der Waals surface area contributed by atoms with Crippen molar-refractivity contribution in [3.8, 4) is 0 Å². The molecular weight excluding hydrogens is 319 g/mol. The molecule has 128 valence electrons. The fraction of sp³-hybridized carbons (Fsp3) is 1.00. The van der Waals surface area contributed by atoms with E-state index in [-0.39, 0.29) is 0 Å². The Bertz CT molecular complexity index is 201. The average molecular weight is 360 g/mol. The van der Waals surface area contributed by atoms with E-state index in [0.29, 0.717) is 4.20 Å². The normalized spacial score (nSPS) is 12.0. The first-order valence-corrected chi connectivity index (χ1v) is 10.6. The van der Waals surface area contributed by atoms with E-state index < -0.39 is 0 Å². The van der Waals surface area contributed by atoms with E-state index >= 15 is 0 Å². The van der Waals surface area contributed by atoms with Gasteiger partial charge in [-0.1, -0.05) is 0 Å². The summed E-state index contributed by atoms with van der Waals surface area (Å²) in [6.07, 6.45) is 19.2. The summed E-state index contributed by atoms with van der Waals surface area (Å²) in [6.45, 7) is 3.96. The first kappa shape index (κ1) is 21.5. The summed E-state index contributed by atoms with van der Waals surface area (Å²) in [5, 5.41) is 0. The van der Waals surface area contributed by atoms with Crippen molar-refractivity contribution in [1.82, 2.24) is 0 Å². The first-order chi connectivity index (χ1) is 10.2. The molecule has 0 bridgehead atoms. The molecule has 0 aliphatic heterocycles. The predicted octanol–water partition coefficient (Wildman–Crippen LogP) is 4.18. The monoisotopic (exact) mass is 360 g/mol. The molecule has 0 heterocycles. The van der Waals surface area contributed by atoms with Crippen LogP contribution in [0.3, 0.4) is 0 Å². The molecule has 0 spiro atoms. The van der Waals surface area contributed by atoms with Gasteiger partial charge in [-0.2, -0.15) is 0 Å². The van der Waals surface area contributed by atoms with Gasteiger partial charge in [0.1, 0.15) is 0 Å².